The van der Waals surface area contributed by atoms with Crippen molar-refractivity contribution in [1.29, 1.82) is 0 Å². The minimum Gasteiger partial charge on any atom is -0.497 e. The molecule has 0 unspecified atom stereocenters. The number of methoxy groups -OCH3 is 1. The number of para-hydroxylation sites is 1. The summed E-state index contributed by atoms with van der Waals surface area (Å²) in [5.74, 6) is 1.86. The van der Waals surface area contributed by atoms with E-state index in [2.05, 4.69) is 15.2 Å². The Morgan fingerprint density at radius 3 is 2.51 bits per heavy atom. The molecule has 0 aliphatic carbocycles. The molecule has 3 heterocycles. The third kappa shape index (κ3) is 6.07. The molecule has 0 spiro atoms. The number of benzene rings is 2. The fourth-order valence-electron chi connectivity index (χ4n) is 4.19. The summed E-state index contributed by atoms with van der Waals surface area (Å²) in [4.78, 5) is 32.9. The van der Waals surface area contributed by atoms with Crippen LogP contribution in [-0.2, 0) is 10.5 Å². The van der Waals surface area contributed by atoms with Crippen molar-refractivity contribution in [3.8, 4) is 22.8 Å². The molecule has 1 aliphatic rings. The lowest BCUT2D eigenvalue weighted by Crippen LogP contribution is -2.50. The lowest BCUT2D eigenvalue weighted by molar-refractivity contribution is 0.0566. The van der Waals surface area contributed by atoms with Gasteiger partial charge in [0.25, 0.3) is 5.91 Å². The number of piperazine rings is 1. The highest BCUT2D eigenvalue weighted by Crippen LogP contribution is 2.31. The number of thioether (sulfide) groups is 1. The zero-order chi connectivity index (χ0) is 27.2. The Morgan fingerprint density at radius 2 is 1.77 bits per heavy atom. The van der Waals surface area contributed by atoms with Crippen LogP contribution in [0.1, 0.15) is 22.4 Å². The van der Waals surface area contributed by atoms with Gasteiger partial charge in [0.15, 0.2) is 11.0 Å². The summed E-state index contributed by atoms with van der Waals surface area (Å²) in [6.07, 6.45) is -0.338. The molecule has 0 N–H and O–H groups in total. The number of carbonyl (C=O) groups excluding carboxylic acids is 2. The maximum Gasteiger partial charge on any atom is 0.409 e. The second kappa shape index (κ2) is 12.3. The summed E-state index contributed by atoms with van der Waals surface area (Å²) < 4.78 is 12.5. The van der Waals surface area contributed by atoms with Crippen LogP contribution in [0.15, 0.2) is 65.1 Å². The average Bonchev–Trinajstić information content (AvgIpc) is 3.64. The molecule has 2 aromatic heterocycles. The first kappa shape index (κ1) is 26.7. The van der Waals surface area contributed by atoms with Gasteiger partial charge in [-0.1, -0.05) is 42.1 Å². The van der Waals surface area contributed by atoms with Gasteiger partial charge in [0, 0.05) is 42.8 Å². The Morgan fingerprint density at radius 1 is 1.00 bits per heavy atom. The lowest BCUT2D eigenvalue weighted by atomic mass is 10.2. The van der Waals surface area contributed by atoms with Gasteiger partial charge in [-0.05, 0) is 31.2 Å². The summed E-state index contributed by atoms with van der Waals surface area (Å²) in [5, 5.41) is 12.3. The molecule has 4 aromatic rings. The first-order valence-corrected chi connectivity index (χ1v) is 14.4. The Labute approximate surface area is 234 Å². The van der Waals surface area contributed by atoms with Gasteiger partial charge < -0.3 is 19.3 Å². The number of nitrogens with zero attached hydrogens (tertiary/aromatic N) is 6. The van der Waals surface area contributed by atoms with Crippen LogP contribution < -0.4 is 4.74 Å². The van der Waals surface area contributed by atoms with Crippen LogP contribution >= 0.6 is 23.1 Å². The molecule has 202 valence electrons. The van der Waals surface area contributed by atoms with Crippen LogP contribution in [0.2, 0.25) is 0 Å². The van der Waals surface area contributed by atoms with E-state index in [1.165, 1.54) is 23.1 Å². The van der Waals surface area contributed by atoms with Crippen molar-refractivity contribution in [2.75, 3.05) is 39.9 Å². The van der Waals surface area contributed by atoms with E-state index in [-0.39, 0.29) is 12.0 Å². The first-order chi connectivity index (χ1) is 19.1. The molecular formula is C27H28N6O4S2. The van der Waals surface area contributed by atoms with Gasteiger partial charge in [-0.25, -0.2) is 9.78 Å². The Hall–Kier alpha value is -3.90. The van der Waals surface area contributed by atoms with Crippen molar-refractivity contribution >= 4 is 35.1 Å². The van der Waals surface area contributed by atoms with Crippen LogP contribution in [0.5, 0.6) is 5.75 Å². The molecule has 0 bridgehead atoms. The maximum absolute atomic E-state index is 13.0. The molecule has 0 saturated carbocycles. The minimum atomic E-state index is -0.338. The van der Waals surface area contributed by atoms with Gasteiger partial charge in [0.05, 0.1) is 19.5 Å². The SMILES string of the molecule is CCOC(=O)N1CCN(C(=O)c2csc(CSc3nnc(-c4cccc(OC)c4)n3-c3ccccc3)n2)CC1. The molecule has 2 amide bonds. The van der Waals surface area contributed by atoms with Crippen molar-refractivity contribution in [2.45, 2.75) is 17.8 Å². The molecule has 10 nitrogen and oxygen atoms in total. The van der Waals surface area contributed by atoms with E-state index in [0.717, 1.165) is 27.2 Å². The van der Waals surface area contributed by atoms with Gasteiger partial charge in [-0.3, -0.25) is 9.36 Å². The second-order valence-electron chi connectivity index (χ2n) is 8.60. The molecule has 12 heteroatoms. The lowest BCUT2D eigenvalue weighted by Gasteiger charge is -2.33. The molecular weight excluding hydrogens is 536 g/mol. The summed E-state index contributed by atoms with van der Waals surface area (Å²) in [6.45, 7) is 3.91. The maximum atomic E-state index is 13.0. The van der Waals surface area contributed by atoms with Crippen molar-refractivity contribution in [2.24, 2.45) is 0 Å². The number of hydrogen-bond donors (Lipinski definition) is 0. The third-order valence-corrected chi connectivity index (χ3v) is 8.14. The van der Waals surface area contributed by atoms with E-state index in [1.807, 2.05) is 59.2 Å². The number of aromatic nitrogens is 4. The Balaban J connectivity index is 1.29. The molecule has 1 saturated heterocycles. The number of amides is 2. The topological polar surface area (TPSA) is 103 Å². The third-order valence-electron chi connectivity index (χ3n) is 6.16. The molecule has 1 aliphatic heterocycles. The summed E-state index contributed by atoms with van der Waals surface area (Å²) in [7, 11) is 1.64. The van der Waals surface area contributed by atoms with Crippen molar-refractivity contribution in [3.05, 3.63) is 70.7 Å². The second-order valence-corrected chi connectivity index (χ2v) is 10.5. The molecule has 1 fully saturated rings. The van der Waals surface area contributed by atoms with Gasteiger partial charge in [-0.15, -0.1) is 21.5 Å². The first-order valence-electron chi connectivity index (χ1n) is 12.5. The van der Waals surface area contributed by atoms with Crippen LogP contribution in [-0.4, -0.2) is 81.4 Å². The van der Waals surface area contributed by atoms with Crippen LogP contribution in [0.3, 0.4) is 0 Å². The average molecular weight is 565 g/mol. The highest BCUT2D eigenvalue weighted by atomic mass is 32.2. The van der Waals surface area contributed by atoms with Gasteiger partial charge in [0.1, 0.15) is 16.5 Å². The zero-order valence-electron chi connectivity index (χ0n) is 21.6. The normalized spacial score (nSPS) is 13.4. The van der Waals surface area contributed by atoms with Crippen LogP contribution in [0.25, 0.3) is 17.1 Å². The number of carbonyl (C=O) groups is 2. The van der Waals surface area contributed by atoms with Gasteiger partial charge in [0.2, 0.25) is 0 Å². The Kier molecular flexibility index (Phi) is 8.42. The largest absolute Gasteiger partial charge is 0.497 e. The van der Waals surface area contributed by atoms with Crippen LogP contribution in [0, 0.1) is 0 Å². The van der Waals surface area contributed by atoms with Crippen molar-refractivity contribution in [3.63, 3.8) is 0 Å². The molecule has 0 atom stereocenters. The number of ether oxygens (including phenoxy) is 2. The zero-order valence-corrected chi connectivity index (χ0v) is 23.3. The quantitative estimate of drug-likeness (QED) is 0.286. The number of hydrogen-bond acceptors (Lipinski definition) is 9. The van der Waals surface area contributed by atoms with E-state index in [4.69, 9.17) is 9.47 Å². The molecule has 2 aromatic carbocycles. The van der Waals surface area contributed by atoms with E-state index >= 15 is 0 Å². The fourth-order valence-corrected chi connectivity index (χ4v) is 5.93. The predicted molar refractivity (Wildman–Crippen MR) is 150 cm³/mol. The molecule has 0 radical (unpaired) electrons. The number of thiazole rings is 1. The summed E-state index contributed by atoms with van der Waals surface area (Å²) >= 11 is 2.96. The Bertz CT molecular complexity index is 1430. The summed E-state index contributed by atoms with van der Waals surface area (Å²) in [5.41, 5.74) is 2.25. The smallest absolute Gasteiger partial charge is 0.409 e. The highest BCUT2D eigenvalue weighted by molar-refractivity contribution is 7.98. The van der Waals surface area contributed by atoms with Gasteiger partial charge >= 0.3 is 6.09 Å². The standard InChI is InChI=1S/C27H28N6O4S2/c1-3-37-27(35)32-14-12-31(13-15-32)25(34)22-17-38-23(28-22)18-39-26-30-29-24(19-8-7-11-21(16-19)36-2)33(26)20-9-5-4-6-10-20/h4-11,16-17H,3,12-15,18H2,1-2H3. The van der Waals surface area contributed by atoms with E-state index in [9.17, 15) is 9.59 Å². The van der Waals surface area contributed by atoms with Crippen molar-refractivity contribution in [1.82, 2.24) is 29.5 Å². The van der Waals surface area contributed by atoms with Crippen LogP contribution in [0.4, 0.5) is 4.79 Å². The molecule has 39 heavy (non-hydrogen) atoms. The van der Waals surface area contributed by atoms with E-state index < -0.39 is 0 Å². The molecule has 5 rings (SSSR count). The fraction of sp³-hybridized carbons (Fsp3) is 0.296. The van der Waals surface area contributed by atoms with Crippen molar-refractivity contribution < 1.29 is 19.1 Å². The number of rotatable bonds is 8. The monoisotopic (exact) mass is 564 g/mol. The minimum absolute atomic E-state index is 0.126. The predicted octanol–water partition coefficient (Wildman–Crippen LogP) is 4.61. The van der Waals surface area contributed by atoms with E-state index in [0.29, 0.717) is 50.1 Å². The van der Waals surface area contributed by atoms with E-state index in [1.54, 1.807) is 29.2 Å². The highest BCUT2D eigenvalue weighted by Gasteiger charge is 2.27. The van der Waals surface area contributed by atoms with Gasteiger partial charge in [-0.2, -0.15) is 0 Å². The summed E-state index contributed by atoms with van der Waals surface area (Å²) in [6, 6.07) is 17.7.